The lowest BCUT2D eigenvalue weighted by atomic mass is 10.0. The van der Waals surface area contributed by atoms with Gasteiger partial charge in [-0.3, -0.25) is 9.69 Å². The van der Waals surface area contributed by atoms with Crippen LogP contribution in [0.3, 0.4) is 0 Å². The van der Waals surface area contributed by atoms with Crippen LogP contribution in [0.5, 0.6) is 0 Å². The number of carbonyl (C=O) groups excluding carboxylic acids is 3. The van der Waals surface area contributed by atoms with Gasteiger partial charge < -0.3 is 20.7 Å². The number of rotatable bonds is 5. The molecule has 2 aromatic carbocycles. The number of carbonyl (C=O) groups is 3. The maximum absolute atomic E-state index is 12.6. The second-order valence-corrected chi connectivity index (χ2v) is 6.74. The van der Waals surface area contributed by atoms with Crippen molar-refractivity contribution in [2.24, 2.45) is 5.73 Å². The summed E-state index contributed by atoms with van der Waals surface area (Å²) in [5.41, 5.74) is 7.36. The van der Waals surface area contributed by atoms with Crippen LogP contribution in [0.25, 0.3) is 0 Å². The van der Waals surface area contributed by atoms with E-state index in [9.17, 15) is 14.4 Å². The van der Waals surface area contributed by atoms with Crippen LogP contribution >= 0.6 is 0 Å². The lowest BCUT2D eigenvalue weighted by Crippen LogP contribution is -2.52. The number of nitrogens with zero attached hydrogens (tertiary/aromatic N) is 2. The molecule has 1 fully saturated rings. The van der Waals surface area contributed by atoms with Gasteiger partial charge in [0.05, 0.1) is 12.7 Å². The highest BCUT2D eigenvalue weighted by Gasteiger charge is 2.30. The molecule has 3 rings (SSSR count). The molecule has 8 heteroatoms. The minimum Gasteiger partial charge on any atom is -0.465 e. The maximum atomic E-state index is 12.6. The number of primary amides is 1. The molecule has 0 aromatic heterocycles. The third kappa shape index (κ3) is 4.91. The van der Waals surface area contributed by atoms with E-state index in [1.54, 1.807) is 29.2 Å². The molecular formula is C21H24N4O4. The minimum atomic E-state index is -0.516. The monoisotopic (exact) mass is 396 g/mol. The zero-order valence-corrected chi connectivity index (χ0v) is 16.2. The Hall–Kier alpha value is -3.39. The van der Waals surface area contributed by atoms with Gasteiger partial charge in [-0.1, -0.05) is 36.4 Å². The van der Waals surface area contributed by atoms with Crippen LogP contribution in [0, 0.1) is 0 Å². The van der Waals surface area contributed by atoms with E-state index >= 15 is 0 Å². The van der Waals surface area contributed by atoms with Crippen molar-refractivity contribution in [1.29, 1.82) is 0 Å². The molecule has 1 aliphatic rings. The highest BCUT2D eigenvalue weighted by atomic mass is 16.5. The summed E-state index contributed by atoms with van der Waals surface area (Å²) in [5, 5.41) is 2.80. The van der Waals surface area contributed by atoms with Gasteiger partial charge in [0.2, 0.25) is 5.91 Å². The number of amides is 3. The van der Waals surface area contributed by atoms with E-state index in [4.69, 9.17) is 10.5 Å². The average Bonchev–Trinajstić information content (AvgIpc) is 2.74. The van der Waals surface area contributed by atoms with E-state index in [2.05, 4.69) is 5.32 Å². The average molecular weight is 396 g/mol. The molecule has 2 aromatic rings. The fraction of sp³-hybridized carbons (Fsp3) is 0.286. The Bertz CT molecular complexity index is 879. The summed E-state index contributed by atoms with van der Waals surface area (Å²) in [5.74, 6) is -0.873. The Morgan fingerprint density at radius 3 is 2.31 bits per heavy atom. The summed E-state index contributed by atoms with van der Waals surface area (Å²) in [6.07, 6.45) is 0. The van der Waals surface area contributed by atoms with Crippen LogP contribution in [0.1, 0.15) is 22.0 Å². The van der Waals surface area contributed by atoms with Crippen molar-refractivity contribution in [2.75, 3.05) is 38.6 Å². The van der Waals surface area contributed by atoms with Gasteiger partial charge in [0.1, 0.15) is 6.04 Å². The quantitative estimate of drug-likeness (QED) is 0.751. The predicted molar refractivity (Wildman–Crippen MR) is 108 cm³/mol. The standard InChI is InChI=1S/C21H24N4O4/c1-29-20(27)16-8-5-9-17(14-16)23-21(28)25-12-10-24(11-13-25)18(19(22)26)15-6-3-2-4-7-15/h2-9,14,18H,10-13H2,1H3,(H2,22,26)(H,23,28). The van der Waals surface area contributed by atoms with Crippen LogP contribution in [-0.2, 0) is 9.53 Å². The minimum absolute atomic E-state index is 0.262. The van der Waals surface area contributed by atoms with Crippen LogP contribution < -0.4 is 11.1 Å². The van der Waals surface area contributed by atoms with E-state index in [1.807, 2.05) is 35.2 Å². The van der Waals surface area contributed by atoms with Gasteiger partial charge in [-0.25, -0.2) is 9.59 Å². The van der Waals surface area contributed by atoms with Crippen molar-refractivity contribution in [3.8, 4) is 0 Å². The fourth-order valence-electron chi connectivity index (χ4n) is 3.42. The molecule has 1 atom stereocenters. The van der Waals surface area contributed by atoms with Gasteiger partial charge in [0.25, 0.3) is 0 Å². The molecule has 1 heterocycles. The van der Waals surface area contributed by atoms with Gasteiger partial charge in [0.15, 0.2) is 0 Å². The van der Waals surface area contributed by atoms with E-state index in [-0.39, 0.29) is 6.03 Å². The van der Waals surface area contributed by atoms with Crippen molar-refractivity contribution in [3.05, 3.63) is 65.7 Å². The Morgan fingerprint density at radius 1 is 1.00 bits per heavy atom. The second-order valence-electron chi connectivity index (χ2n) is 6.74. The first-order valence-electron chi connectivity index (χ1n) is 9.32. The molecule has 1 saturated heterocycles. The highest BCUT2D eigenvalue weighted by molar-refractivity contribution is 5.94. The normalized spacial score (nSPS) is 15.4. The number of esters is 1. The third-order valence-electron chi connectivity index (χ3n) is 4.89. The number of nitrogens with one attached hydrogen (secondary N) is 1. The number of nitrogens with two attached hydrogens (primary N) is 1. The first-order valence-corrected chi connectivity index (χ1v) is 9.32. The molecule has 0 saturated carbocycles. The molecule has 1 unspecified atom stereocenters. The fourth-order valence-corrected chi connectivity index (χ4v) is 3.42. The number of piperazine rings is 1. The van der Waals surface area contributed by atoms with Crippen LogP contribution in [-0.4, -0.2) is 61.0 Å². The van der Waals surface area contributed by atoms with E-state index in [0.717, 1.165) is 5.56 Å². The Kier molecular flexibility index (Phi) is 6.46. The first kappa shape index (κ1) is 20.3. The van der Waals surface area contributed by atoms with E-state index in [0.29, 0.717) is 37.4 Å². The number of ether oxygens (including phenoxy) is 1. The molecule has 0 radical (unpaired) electrons. The second kappa shape index (κ2) is 9.20. The zero-order valence-electron chi connectivity index (χ0n) is 16.2. The predicted octanol–water partition coefficient (Wildman–Crippen LogP) is 1.85. The Morgan fingerprint density at radius 2 is 1.69 bits per heavy atom. The van der Waals surface area contributed by atoms with Crippen molar-refractivity contribution < 1.29 is 19.1 Å². The van der Waals surface area contributed by atoms with Gasteiger partial charge in [0, 0.05) is 31.9 Å². The molecule has 29 heavy (non-hydrogen) atoms. The topological polar surface area (TPSA) is 105 Å². The third-order valence-corrected chi connectivity index (χ3v) is 4.89. The van der Waals surface area contributed by atoms with E-state index < -0.39 is 17.9 Å². The Labute approximate surface area is 169 Å². The van der Waals surface area contributed by atoms with Crippen molar-refractivity contribution in [3.63, 3.8) is 0 Å². The summed E-state index contributed by atoms with van der Waals surface area (Å²) in [7, 11) is 1.31. The maximum Gasteiger partial charge on any atom is 0.337 e. The summed E-state index contributed by atoms with van der Waals surface area (Å²) in [4.78, 5) is 39.9. The first-order chi connectivity index (χ1) is 14.0. The highest BCUT2D eigenvalue weighted by Crippen LogP contribution is 2.22. The molecule has 0 spiro atoms. The van der Waals surface area contributed by atoms with Crippen LogP contribution in [0.2, 0.25) is 0 Å². The molecule has 3 amide bonds. The van der Waals surface area contributed by atoms with Gasteiger partial charge >= 0.3 is 12.0 Å². The number of hydrogen-bond acceptors (Lipinski definition) is 5. The summed E-state index contributed by atoms with van der Waals surface area (Å²) in [6, 6.07) is 15.2. The molecule has 0 bridgehead atoms. The Balaban J connectivity index is 1.61. The van der Waals surface area contributed by atoms with Gasteiger partial charge in [-0.2, -0.15) is 0 Å². The molecule has 0 aliphatic carbocycles. The molecule has 3 N–H and O–H groups in total. The van der Waals surface area contributed by atoms with E-state index in [1.165, 1.54) is 7.11 Å². The smallest absolute Gasteiger partial charge is 0.337 e. The lowest BCUT2D eigenvalue weighted by molar-refractivity contribution is -0.124. The van der Waals surface area contributed by atoms with Crippen LogP contribution in [0.4, 0.5) is 10.5 Å². The number of urea groups is 1. The summed E-state index contributed by atoms with van der Waals surface area (Å²) >= 11 is 0. The largest absolute Gasteiger partial charge is 0.465 e. The zero-order chi connectivity index (χ0) is 20.8. The SMILES string of the molecule is COC(=O)c1cccc(NC(=O)N2CCN(C(C(N)=O)c3ccccc3)CC2)c1. The molecular weight excluding hydrogens is 372 g/mol. The molecule has 152 valence electrons. The number of methoxy groups -OCH3 is 1. The number of hydrogen-bond donors (Lipinski definition) is 2. The molecule has 8 nitrogen and oxygen atoms in total. The van der Waals surface area contributed by atoms with Crippen molar-refractivity contribution in [1.82, 2.24) is 9.80 Å². The van der Waals surface area contributed by atoms with Gasteiger partial charge in [-0.05, 0) is 23.8 Å². The lowest BCUT2D eigenvalue weighted by Gasteiger charge is -2.38. The summed E-state index contributed by atoms with van der Waals surface area (Å²) < 4.78 is 4.70. The number of anilines is 1. The summed E-state index contributed by atoms with van der Waals surface area (Å²) in [6.45, 7) is 1.97. The molecule has 1 aliphatic heterocycles. The number of benzene rings is 2. The van der Waals surface area contributed by atoms with Gasteiger partial charge in [-0.15, -0.1) is 0 Å². The van der Waals surface area contributed by atoms with Crippen LogP contribution in [0.15, 0.2) is 54.6 Å². The van der Waals surface area contributed by atoms with Crippen molar-refractivity contribution in [2.45, 2.75) is 6.04 Å². The van der Waals surface area contributed by atoms with Crippen molar-refractivity contribution >= 4 is 23.6 Å².